The first-order valence-electron chi connectivity index (χ1n) is 7.09. The molecule has 2 atom stereocenters. The zero-order valence-corrected chi connectivity index (χ0v) is 11.9. The molecule has 1 aliphatic heterocycles. The molecule has 19 heavy (non-hydrogen) atoms. The van der Waals surface area contributed by atoms with Gasteiger partial charge >= 0.3 is 0 Å². The Morgan fingerprint density at radius 2 is 2.11 bits per heavy atom. The largest absolute Gasteiger partial charge is 0.487 e. The number of rotatable bonds is 1. The predicted octanol–water partition coefficient (Wildman–Crippen LogP) is 3.82. The molecular weight excluding hydrogens is 241 g/mol. The summed E-state index contributed by atoms with van der Waals surface area (Å²) in [7, 11) is 1.94. The molecule has 0 bridgehead atoms. The van der Waals surface area contributed by atoms with Crippen LogP contribution in [-0.2, 0) is 0 Å². The SMILES string of the molecule is CNC1CC2(CCC(C)(C)C2)Oc2ccc(F)cc21. The number of nitrogens with one attached hydrogen (secondary N) is 1. The molecule has 1 aliphatic carbocycles. The fourth-order valence-corrected chi connectivity index (χ4v) is 3.78. The van der Waals surface area contributed by atoms with Gasteiger partial charge in [-0.3, -0.25) is 0 Å². The van der Waals surface area contributed by atoms with Crippen LogP contribution in [0.1, 0.15) is 51.1 Å². The maximum Gasteiger partial charge on any atom is 0.125 e. The highest BCUT2D eigenvalue weighted by molar-refractivity contribution is 5.39. The van der Waals surface area contributed by atoms with Crippen molar-refractivity contribution >= 4 is 0 Å². The minimum atomic E-state index is -0.190. The maximum atomic E-state index is 13.4. The summed E-state index contributed by atoms with van der Waals surface area (Å²) in [6, 6.07) is 5.06. The van der Waals surface area contributed by atoms with Crippen LogP contribution in [0.3, 0.4) is 0 Å². The Labute approximate surface area is 114 Å². The van der Waals surface area contributed by atoms with Crippen molar-refractivity contribution in [1.29, 1.82) is 0 Å². The Morgan fingerprint density at radius 1 is 1.32 bits per heavy atom. The summed E-state index contributed by atoms with van der Waals surface area (Å²) in [6.45, 7) is 4.61. The van der Waals surface area contributed by atoms with E-state index in [-0.39, 0.29) is 17.5 Å². The first-order chi connectivity index (χ1) is 8.93. The van der Waals surface area contributed by atoms with Crippen LogP contribution in [0, 0.1) is 11.2 Å². The second-order valence-electron chi connectivity index (χ2n) is 6.85. The van der Waals surface area contributed by atoms with Gasteiger partial charge in [-0.1, -0.05) is 13.8 Å². The van der Waals surface area contributed by atoms with E-state index in [1.165, 1.54) is 12.5 Å². The molecule has 3 rings (SSSR count). The third-order valence-corrected chi connectivity index (χ3v) is 4.66. The van der Waals surface area contributed by atoms with Crippen LogP contribution in [0.2, 0.25) is 0 Å². The van der Waals surface area contributed by atoms with Crippen molar-refractivity contribution in [2.24, 2.45) is 5.41 Å². The third-order valence-electron chi connectivity index (χ3n) is 4.66. The van der Waals surface area contributed by atoms with E-state index in [4.69, 9.17) is 4.74 Å². The highest BCUT2D eigenvalue weighted by Crippen LogP contribution is 2.52. The Kier molecular flexibility index (Phi) is 2.86. The monoisotopic (exact) mass is 263 g/mol. The average Bonchev–Trinajstić information content (AvgIpc) is 2.64. The van der Waals surface area contributed by atoms with Gasteiger partial charge < -0.3 is 10.1 Å². The fourth-order valence-electron chi connectivity index (χ4n) is 3.78. The lowest BCUT2D eigenvalue weighted by atomic mass is 9.82. The second-order valence-corrected chi connectivity index (χ2v) is 6.85. The van der Waals surface area contributed by atoms with Gasteiger partial charge in [-0.15, -0.1) is 0 Å². The van der Waals surface area contributed by atoms with Gasteiger partial charge in [0, 0.05) is 18.0 Å². The summed E-state index contributed by atoms with van der Waals surface area (Å²) in [5.74, 6) is 0.662. The van der Waals surface area contributed by atoms with Crippen LogP contribution >= 0.6 is 0 Å². The molecule has 3 heteroatoms. The highest BCUT2D eigenvalue weighted by Gasteiger charge is 2.49. The molecule has 1 fully saturated rings. The topological polar surface area (TPSA) is 21.3 Å². The van der Waals surface area contributed by atoms with Crippen LogP contribution in [-0.4, -0.2) is 12.6 Å². The van der Waals surface area contributed by atoms with E-state index >= 15 is 0 Å². The number of benzene rings is 1. The van der Waals surface area contributed by atoms with E-state index in [0.29, 0.717) is 5.41 Å². The fraction of sp³-hybridized carbons (Fsp3) is 0.625. The molecule has 1 aromatic carbocycles. The lowest BCUT2D eigenvalue weighted by Crippen LogP contribution is -2.42. The minimum Gasteiger partial charge on any atom is -0.487 e. The van der Waals surface area contributed by atoms with E-state index < -0.39 is 0 Å². The summed E-state index contributed by atoms with van der Waals surface area (Å²) in [6.07, 6.45) is 4.30. The summed E-state index contributed by atoms with van der Waals surface area (Å²) in [5, 5.41) is 3.32. The first-order valence-corrected chi connectivity index (χ1v) is 7.09. The third kappa shape index (κ3) is 2.25. The summed E-state index contributed by atoms with van der Waals surface area (Å²) < 4.78 is 19.7. The molecule has 1 N–H and O–H groups in total. The van der Waals surface area contributed by atoms with Crippen molar-refractivity contribution in [1.82, 2.24) is 5.32 Å². The smallest absolute Gasteiger partial charge is 0.125 e. The molecule has 2 aliphatic rings. The minimum absolute atomic E-state index is 0.0675. The van der Waals surface area contributed by atoms with Crippen LogP contribution in [0.5, 0.6) is 5.75 Å². The molecule has 0 aromatic heterocycles. The standard InChI is InChI=1S/C16H22FNO/c1-15(2)6-7-16(10-15)9-13(18-3)12-8-11(17)4-5-14(12)19-16/h4-5,8,13,18H,6-7,9-10H2,1-3H3. The van der Waals surface area contributed by atoms with Gasteiger partial charge in [-0.2, -0.15) is 0 Å². The molecule has 1 spiro atoms. The van der Waals surface area contributed by atoms with Gasteiger partial charge in [-0.25, -0.2) is 4.39 Å². The summed E-state index contributed by atoms with van der Waals surface area (Å²) >= 11 is 0. The predicted molar refractivity (Wildman–Crippen MR) is 73.8 cm³/mol. The molecule has 1 heterocycles. The lowest BCUT2D eigenvalue weighted by Gasteiger charge is -2.40. The van der Waals surface area contributed by atoms with Crippen molar-refractivity contribution in [2.75, 3.05) is 7.05 Å². The van der Waals surface area contributed by atoms with E-state index in [1.54, 1.807) is 12.1 Å². The van der Waals surface area contributed by atoms with Crippen LogP contribution < -0.4 is 10.1 Å². The number of fused-ring (bicyclic) bond motifs is 1. The van der Waals surface area contributed by atoms with Crippen LogP contribution in [0.4, 0.5) is 4.39 Å². The molecular formula is C16H22FNO. The van der Waals surface area contributed by atoms with E-state index in [2.05, 4.69) is 19.2 Å². The zero-order chi connectivity index (χ0) is 13.7. The lowest BCUT2D eigenvalue weighted by molar-refractivity contribution is 0.0286. The summed E-state index contributed by atoms with van der Waals surface area (Å²) in [4.78, 5) is 0. The average molecular weight is 263 g/mol. The molecule has 1 aromatic rings. The van der Waals surface area contributed by atoms with E-state index in [0.717, 1.165) is 30.6 Å². The van der Waals surface area contributed by atoms with Gasteiger partial charge in [0.25, 0.3) is 0 Å². The van der Waals surface area contributed by atoms with E-state index in [1.807, 2.05) is 7.05 Å². The first kappa shape index (κ1) is 12.9. The van der Waals surface area contributed by atoms with Gasteiger partial charge in [0.15, 0.2) is 0 Å². The molecule has 0 radical (unpaired) electrons. The Hall–Kier alpha value is -1.09. The number of hydrogen-bond acceptors (Lipinski definition) is 2. The van der Waals surface area contributed by atoms with Crippen molar-refractivity contribution in [3.63, 3.8) is 0 Å². The Bertz CT molecular complexity index is 500. The van der Waals surface area contributed by atoms with Gasteiger partial charge in [0.2, 0.25) is 0 Å². The molecule has 2 nitrogen and oxygen atoms in total. The van der Waals surface area contributed by atoms with E-state index in [9.17, 15) is 4.39 Å². The van der Waals surface area contributed by atoms with Crippen molar-refractivity contribution in [3.8, 4) is 5.75 Å². The molecule has 104 valence electrons. The van der Waals surface area contributed by atoms with Crippen LogP contribution in [0.25, 0.3) is 0 Å². The Balaban J connectivity index is 1.97. The van der Waals surface area contributed by atoms with Gasteiger partial charge in [-0.05, 0) is 49.9 Å². The van der Waals surface area contributed by atoms with Gasteiger partial charge in [0.05, 0.1) is 0 Å². The van der Waals surface area contributed by atoms with Crippen molar-refractivity contribution in [3.05, 3.63) is 29.6 Å². The molecule has 0 amide bonds. The number of ether oxygens (including phenoxy) is 1. The van der Waals surface area contributed by atoms with Crippen molar-refractivity contribution < 1.29 is 9.13 Å². The van der Waals surface area contributed by atoms with Gasteiger partial charge in [0.1, 0.15) is 17.2 Å². The normalized spacial score (nSPS) is 32.1. The van der Waals surface area contributed by atoms with Crippen molar-refractivity contribution in [2.45, 2.75) is 51.2 Å². The second kappa shape index (κ2) is 4.20. The molecule has 1 saturated carbocycles. The molecule has 2 unspecified atom stereocenters. The highest BCUT2D eigenvalue weighted by atomic mass is 19.1. The Morgan fingerprint density at radius 3 is 2.74 bits per heavy atom. The van der Waals surface area contributed by atoms with Crippen LogP contribution in [0.15, 0.2) is 18.2 Å². The quantitative estimate of drug-likeness (QED) is 0.831. The number of hydrogen-bond donors (Lipinski definition) is 1. The number of halogens is 1. The summed E-state index contributed by atoms with van der Waals surface area (Å²) in [5.41, 5.74) is 1.23. The zero-order valence-electron chi connectivity index (χ0n) is 11.9. The molecule has 0 saturated heterocycles. The maximum absolute atomic E-state index is 13.4.